The van der Waals surface area contributed by atoms with Gasteiger partial charge in [0.2, 0.25) is 0 Å². The molecule has 1 aromatic rings. The molecule has 4 heteroatoms. The molecule has 4 nitrogen and oxygen atoms in total. The van der Waals surface area contributed by atoms with Gasteiger partial charge in [0.05, 0.1) is 19.3 Å². The Kier molecular flexibility index (Phi) is 4.78. The van der Waals surface area contributed by atoms with Crippen LogP contribution in [0.2, 0.25) is 0 Å². The van der Waals surface area contributed by atoms with E-state index in [9.17, 15) is 4.79 Å². The van der Waals surface area contributed by atoms with Crippen LogP contribution in [0.25, 0.3) is 0 Å². The van der Waals surface area contributed by atoms with Gasteiger partial charge < -0.3 is 9.47 Å². The Hall–Kier alpha value is -1.39. The third kappa shape index (κ3) is 3.38. The maximum Gasteiger partial charge on any atom is 0.325 e. The summed E-state index contributed by atoms with van der Waals surface area (Å²) in [5.41, 5.74) is 1.98. The van der Waals surface area contributed by atoms with E-state index in [1.807, 2.05) is 39.0 Å². The summed E-state index contributed by atoms with van der Waals surface area (Å²) in [4.78, 5) is 14.2. The second-order valence-electron chi connectivity index (χ2n) is 5.48. The summed E-state index contributed by atoms with van der Waals surface area (Å²) < 4.78 is 11.1. The molecule has 0 bridgehead atoms. The van der Waals surface area contributed by atoms with Crippen molar-refractivity contribution in [2.75, 3.05) is 19.7 Å². The van der Waals surface area contributed by atoms with Gasteiger partial charge in [-0.05, 0) is 38.8 Å². The maximum absolute atomic E-state index is 12.1. The van der Waals surface area contributed by atoms with E-state index in [1.165, 1.54) is 0 Å². The van der Waals surface area contributed by atoms with Gasteiger partial charge in [-0.25, -0.2) is 0 Å². The molecule has 0 saturated carbocycles. The van der Waals surface area contributed by atoms with Crippen molar-refractivity contribution in [3.63, 3.8) is 0 Å². The number of aryl methyl sites for hydroxylation is 2. The van der Waals surface area contributed by atoms with Gasteiger partial charge >= 0.3 is 5.97 Å². The van der Waals surface area contributed by atoms with Crippen LogP contribution in [0.4, 0.5) is 0 Å². The van der Waals surface area contributed by atoms with Crippen molar-refractivity contribution >= 4 is 5.97 Å². The smallest absolute Gasteiger partial charge is 0.325 e. The quantitative estimate of drug-likeness (QED) is 0.628. The van der Waals surface area contributed by atoms with E-state index in [0.717, 1.165) is 17.7 Å². The fraction of sp³-hybridized carbons (Fsp3) is 0.562. The second-order valence-corrected chi connectivity index (χ2v) is 5.48. The van der Waals surface area contributed by atoms with E-state index in [1.54, 1.807) is 0 Å². The first-order chi connectivity index (χ1) is 9.49. The summed E-state index contributed by atoms with van der Waals surface area (Å²) in [6.07, 6.45) is 0.150. The number of nitrogens with zero attached hydrogens (tertiary/aromatic N) is 1. The number of hydrogen-bond donors (Lipinski definition) is 0. The molecule has 1 heterocycles. The van der Waals surface area contributed by atoms with E-state index in [4.69, 9.17) is 9.47 Å². The first kappa shape index (κ1) is 15.0. The number of benzene rings is 1. The second kappa shape index (κ2) is 6.37. The summed E-state index contributed by atoms with van der Waals surface area (Å²) in [5.74, 6) is 0.481. The van der Waals surface area contributed by atoms with E-state index in [-0.39, 0.29) is 18.1 Å². The topological polar surface area (TPSA) is 38.8 Å². The molecule has 0 N–H and O–H groups in total. The first-order valence-electron chi connectivity index (χ1n) is 7.11. The lowest BCUT2D eigenvalue weighted by molar-refractivity contribution is -0.139. The zero-order valence-electron chi connectivity index (χ0n) is 12.7. The van der Waals surface area contributed by atoms with Crippen molar-refractivity contribution in [2.45, 2.75) is 39.8 Å². The number of carbonyl (C=O) groups excluding carboxylic acids is 1. The number of hydrogen-bond acceptors (Lipinski definition) is 4. The van der Waals surface area contributed by atoms with Crippen LogP contribution in [0.3, 0.4) is 0 Å². The van der Waals surface area contributed by atoms with Gasteiger partial charge in [0.25, 0.3) is 0 Å². The van der Waals surface area contributed by atoms with Crippen molar-refractivity contribution < 1.29 is 14.3 Å². The molecule has 1 fully saturated rings. The lowest BCUT2D eigenvalue weighted by Crippen LogP contribution is -2.50. The van der Waals surface area contributed by atoms with Crippen molar-refractivity contribution in [2.24, 2.45) is 0 Å². The van der Waals surface area contributed by atoms with Gasteiger partial charge in [-0.3, -0.25) is 9.69 Å². The molecule has 0 spiro atoms. The predicted molar refractivity (Wildman–Crippen MR) is 78.0 cm³/mol. The highest BCUT2D eigenvalue weighted by Gasteiger charge is 2.27. The van der Waals surface area contributed by atoms with Crippen LogP contribution in [0.1, 0.15) is 25.0 Å². The Labute approximate surface area is 120 Å². The van der Waals surface area contributed by atoms with Gasteiger partial charge in [0.1, 0.15) is 5.75 Å². The van der Waals surface area contributed by atoms with Gasteiger partial charge in [0, 0.05) is 12.6 Å². The molecule has 1 aromatic carbocycles. The molecule has 1 saturated heterocycles. The third-order valence-electron chi connectivity index (χ3n) is 3.97. The molecule has 0 radical (unpaired) electrons. The van der Waals surface area contributed by atoms with Crippen LogP contribution in [0, 0.1) is 13.8 Å². The zero-order chi connectivity index (χ0) is 14.7. The highest BCUT2D eigenvalue weighted by molar-refractivity contribution is 5.75. The van der Waals surface area contributed by atoms with E-state index in [0.29, 0.717) is 18.9 Å². The van der Waals surface area contributed by atoms with Crippen molar-refractivity contribution in [3.8, 4) is 5.75 Å². The van der Waals surface area contributed by atoms with Gasteiger partial charge in [-0.2, -0.15) is 0 Å². The van der Waals surface area contributed by atoms with Crippen molar-refractivity contribution in [3.05, 3.63) is 29.3 Å². The first-order valence-corrected chi connectivity index (χ1v) is 7.11. The van der Waals surface area contributed by atoms with Gasteiger partial charge in [-0.1, -0.05) is 18.2 Å². The Bertz CT molecular complexity index is 466. The summed E-state index contributed by atoms with van der Waals surface area (Å²) in [7, 11) is 0. The summed E-state index contributed by atoms with van der Waals surface area (Å²) in [5, 5.41) is 0. The van der Waals surface area contributed by atoms with Crippen molar-refractivity contribution in [1.82, 2.24) is 4.90 Å². The van der Waals surface area contributed by atoms with Crippen LogP contribution in [-0.2, 0) is 9.53 Å². The van der Waals surface area contributed by atoms with Crippen molar-refractivity contribution in [1.29, 1.82) is 0 Å². The van der Waals surface area contributed by atoms with Gasteiger partial charge in [0.15, 0.2) is 0 Å². The fourth-order valence-corrected chi connectivity index (χ4v) is 2.49. The average molecular weight is 277 g/mol. The molecule has 1 aliphatic rings. The molecule has 2 unspecified atom stereocenters. The lowest BCUT2D eigenvalue weighted by Gasteiger charge is -2.37. The molecular formula is C16H23NO3. The minimum atomic E-state index is -0.205. The summed E-state index contributed by atoms with van der Waals surface area (Å²) in [6, 6.07) is 6.10. The van der Waals surface area contributed by atoms with Gasteiger partial charge in [-0.15, -0.1) is 0 Å². The minimum Gasteiger partial charge on any atom is -0.425 e. The highest BCUT2D eigenvalue weighted by Crippen LogP contribution is 2.23. The summed E-state index contributed by atoms with van der Waals surface area (Å²) >= 11 is 0. The Balaban J connectivity index is 1.99. The number of ether oxygens (including phenoxy) is 2. The summed E-state index contributed by atoms with van der Waals surface area (Å²) in [6.45, 7) is 9.77. The molecule has 0 aliphatic carbocycles. The molecule has 20 heavy (non-hydrogen) atoms. The van der Waals surface area contributed by atoms with E-state index >= 15 is 0 Å². The maximum atomic E-state index is 12.1. The normalized spacial score (nSPS) is 23.6. The average Bonchev–Trinajstić information content (AvgIpc) is 2.39. The van der Waals surface area contributed by atoms with Crippen LogP contribution >= 0.6 is 0 Å². The van der Waals surface area contributed by atoms with Crippen LogP contribution in [0.5, 0.6) is 5.75 Å². The fourth-order valence-electron chi connectivity index (χ4n) is 2.49. The zero-order valence-corrected chi connectivity index (χ0v) is 12.7. The SMILES string of the molecule is Cc1cccc(C)c1OC(=O)CN1CCOC(C)C1C. The predicted octanol–water partition coefficient (Wildman–Crippen LogP) is 2.32. The van der Waals surface area contributed by atoms with Crippen LogP contribution in [0.15, 0.2) is 18.2 Å². The Morgan fingerprint density at radius 1 is 1.35 bits per heavy atom. The number of morpholine rings is 1. The molecule has 0 amide bonds. The number of carbonyl (C=O) groups is 1. The third-order valence-corrected chi connectivity index (χ3v) is 3.97. The number of esters is 1. The Morgan fingerprint density at radius 2 is 2.00 bits per heavy atom. The van der Waals surface area contributed by atoms with Crippen LogP contribution < -0.4 is 4.74 Å². The number of para-hydroxylation sites is 1. The molecule has 2 rings (SSSR count). The number of rotatable bonds is 3. The lowest BCUT2D eigenvalue weighted by atomic mass is 10.1. The molecule has 0 aromatic heterocycles. The van der Waals surface area contributed by atoms with E-state index < -0.39 is 0 Å². The molecule has 110 valence electrons. The molecule has 2 atom stereocenters. The standard InChI is InChI=1S/C16H23NO3/c1-11-6-5-7-12(2)16(11)20-15(18)10-17-8-9-19-14(4)13(17)3/h5-7,13-14H,8-10H2,1-4H3. The largest absolute Gasteiger partial charge is 0.425 e. The molecular weight excluding hydrogens is 254 g/mol. The van der Waals surface area contributed by atoms with Crippen LogP contribution in [-0.4, -0.2) is 42.7 Å². The minimum absolute atomic E-state index is 0.150. The Morgan fingerprint density at radius 3 is 2.65 bits per heavy atom. The van der Waals surface area contributed by atoms with E-state index in [2.05, 4.69) is 11.8 Å². The highest BCUT2D eigenvalue weighted by atomic mass is 16.5. The monoisotopic (exact) mass is 277 g/mol. The molecule has 1 aliphatic heterocycles.